The van der Waals surface area contributed by atoms with Crippen LogP contribution in [0.3, 0.4) is 0 Å². The SMILES string of the molecule is Clc1nnc(Cl)c(N(CC2CC2)CC2CC2)n1. The van der Waals surface area contributed by atoms with Gasteiger partial charge in [-0.25, -0.2) is 0 Å². The van der Waals surface area contributed by atoms with E-state index in [1.807, 2.05) is 0 Å². The number of nitrogens with zero attached hydrogens (tertiary/aromatic N) is 4. The molecule has 3 rings (SSSR count). The van der Waals surface area contributed by atoms with E-state index in [9.17, 15) is 0 Å². The van der Waals surface area contributed by atoms with Gasteiger partial charge in [-0.2, -0.15) is 4.98 Å². The van der Waals surface area contributed by atoms with Gasteiger partial charge in [-0.1, -0.05) is 11.6 Å². The van der Waals surface area contributed by atoms with Crippen molar-refractivity contribution in [2.24, 2.45) is 11.8 Å². The summed E-state index contributed by atoms with van der Waals surface area (Å²) < 4.78 is 0. The second-order valence-corrected chi connectivity index (χ2v) is 5.68. The summed E-state index contributed by atoms with van der Waals surface area (Å²) in [6, 6.07) is 0. The summed E-state index contributed by atoms with van der Waals surface area (Å²) in [4.78, 5) is 6.45. The average molecular weight is 273 g/mol. The van der Waals surface area contributed by atoms with Gasteiger partial charge in [-0.15, -0.1) is 10.2 Å². The van der Waals surface area contributed by atoms with Crippen LogP contribution in [-0.4, -0.2) is 28.3 Å². The lowest BCUT2D eigenvalue weighted by atomic mass is 10.3. The lowest BCUT2D eigenvalue weighted by Gasteiger charge is -2.23. The number of hydrogen-bond acceptors (Lipinski definition) is 4. The van der Waals surface area contributed by atoms with Crippen LogP contribution < -0.4 is 4.90 Å². The fourth-order valence-corrected chi connectivity index (χ4v) is 2.28. The van der Waals surface area contributed by atoms with Gasteiger partial charge in [0.15, 0.2) is 11.0 Å². The predicted molar refractivity (Wildman–Crippen MR) is 67.5 cm³/mol. The van der Waals surface area contributed by atoms with Crippen LogP contribution >= 0.6 is 23.2 Å². The summed E-state index contributed by atoms with van der Waals surface area (Å²) in [7, 11) is 0. The number of anilines is 1. The summed E-state index contributed by atoms with van der Waals surface area (Å²) in [6.07, 6.45) is 5.24. The van der Waals surface area contributed by atoms with E-state index < -0.39 is 0 Å². The van der Waals surface area contributed by atoms with Crippen molar-refractivity contribution in [3.8, 4) is 0 Å². The van der Waals surface area contributed by atoms with Crippen LogP contribution in [0.25, 0.3) is 0 Å². The van der Waals surface area contributed by atoms with E-state index in [1.165, 1.54) is 25.7 Å². The molecule has 1 aromatic rings. The molecule has 17 heavy (non-hydrogen) atoms. The first-order valence-corrected chi connectivity index (χ1v) is 6.78. The van der Waals surface area contributed by atoms with Crippen molar-refractivity contribution in [2.75, 3.05) is 18.0 Å². The smallest absolute Gasteiger partial charge is 0.245 e. The third-order valence-electron chi connectivity index (χ3n) is 3.25. The highest BCUT2D eigenvalue weighted by Crippen LogP contribution is 2.36. The summed E-state index contributed by atoms with van der Waals surface area (Å²) in [6.45, 7) is 2.04. The molecule has 1 heterocycles. The second-order valence-electron chi connectivity index (χ2n) is 4.99. The van der Waals surface area contributed by atoms with E-state index in [0.29, 0.717) is 11.0 Å². The standard InChI is InChI=1S/C11H14Cl2N4/c12-9-10(14-11(13)16-15-9)17(5-7-1-2-7)6-8-3-4-8/h7-8H,1-6H2. The lowest BCUT2D eigenvalue weighted by Crippen LogP contribution is -2.29. The maximum Gasteiger partial charge on any atom is 0.245 e. The van der Waals surface area contributed by atoms with Gasteiger partial charge in [0.2, 0.25) is 5.28 Å². The van der Waals surface area contributed by atoms with Crippen LogP contribution in [-0.2, 0) is 0 Å². The van der Waals surface area contributed by atoms with E-state index in [0.717, 1.165) is 24.9 Å². The molecule has 6 heteroatoms. The molecule has 2 saturated carbocycles. The highest BCUT2D eigenvalue weighted by molar-refractivity contribution is 6.32. The fourth-order valence-electron chi connectivity index (χ4n) is 1.96. The van der Waals surface area contributed by atoms with Crippen LogP contribution in [0.4, 0.5) is 5.82 Å². The first-order chi connectivity index (χ1) is 8.22. The van der Waals surface area contributed by atoms with Crippen LogP contribution in [0.2, 0.25) is 10.4 Å². The molecular formula is C11H14Cl2N4. The van der Waals surface area contributed by atoms with Crippen LogP contribution in [0, 0.1) is 11.8 Å². The molecule has 0 aliphatic heterocycles. The largest absolute Gasteiger partial charge is 0.353 e. The molecule has 92 valence electrons. The fraction of sp³-hybridized carbons (Fsp3) is 0.727. The lowest BCUT2D eigenvalue weighted by molar-refractivity contribution is 0.667. The molecule has 0 spiro atoms. The molecule has 0 radical (unpaired) electrons. The van der Waals surface area contributed by atoms with Gasteiger partial charge in [-0.05, 0) is 49.1 Å². The molecule has 0 atom stereocenters. The summed E-state index contributed by atoms with van der Waals surface area (Å²) in [5.74, 6) is 2.28. The first-order valence-electron chi connectivity index (χ1n) is 6.03. The highest BCUT2D eigenvalue weighted by atomic mass is 35.5. The molecule has 0 bridgehead atoms. The van der Waals surface area contributed by atoms with Gasteiger partial charge < -0.3 is 4.90 Å². The van der Waals surface area contributed by atoms with E-state index in [-0.39, 0.29) is 5.28 Å². The molecular weight excluding hydrogens is 259 g/mol. The van der Waals surface area contributed by atoms with Gasteiger partial charge >= 0.3 is 0 Å². The summed E-state index contributed by atoms with van der Waals surface area (Å²) in [5.41, 5.74) is 0. The molecule has 0 saturated heterocycles. The molecule has 0 unspecified atom stereocenters. The van der Waals surface area contributed by atoms with Crippen LogP contribution in [0.1, 0.15) is 25.7 Å². The molecule has 0 aromatic carbocycles. The normalized spacial score (nSPS) is 19.4. The monoisotopic (exact) mass is 272 g/mol. The van der Waals surface area contributed by atoms with Gasteiger partial charge in [-0.3, -0.25) is 0 Å². The summed E-state index contributed by atoms with van der Waals surface area (Å²) in [5, 5.41) is 8.02. The topological polar surface area (TPSA) is 41.9 Å². The highest BCUT2D eigenvalue weighted by Gasteiger charge is 2.31. The van der Waals surface area contributed by atoms with Crippen molar-refractivity contribution >= 4 is 29.0 Å². The Kier molecular flexibility index (Phi) is 3.09. The van der Waals surface area contributed by atoms with Gasteiger partial charge in [0, 0.05) is 13.1 Å². The third kappa shape index (κ3) is 2.99. The summed E-state index contributed by atoms with van der Waals surface area (Å²) >= 11 is 11.9. The van der Waals surface area contributed by atoms with E-state index in [1.54, 1.807) is 0 Å². The molecule has 1 aromatic heterocycles. The van der Waals surface area contributed by atoms with Gasteiger partial charge in [0.1, 0.15) is 0 Å². The molecule has 4 nitrogen and oxygen atoms in total. The minimum absolute atomic E-state index is 0.168. The van der Waals surface area contributed by atoms with Crippen LogP contribution in [0.15, 0.2) is 0 Å². The Bertz CT molecular complexity index is 404. The average Bonchev–Trinajstić information content (AvgIpc) is 3.15. The van der Waals surface area contributed by atoms with E-state index >= 15 is 0 Å². The quantitative estimate of drug-likeness (QED) is 0.827. The molecule has 2 aliphatic carbocycles. The Labute approximate surface area is 110 Å². The minimum Gasteiger partial charge on any atom is -0.353 e. The Balaban J connectivity index is 1.80. The van der Waals surface area contributed by atoms with Crippen LogP contribution in [0.5, 0.6) is 0 Å². The predicted octanol–water partition coefficient (Wildman–Crippen LogP) is 2.80. The zero-order valence-corrected chi connectivity index (χ0v) is 11.0. The molecule has 0 N–H and O–H groups in total. The molecule has 0 amide bonds. The van der Waals surface area contributed by atoms with E-state index in [4.69, 9.17) is 23.2 Å². The maximum atomic E-state index is 6.06. The minimum atomic E-state index is 0.168. The number of halogens is 2. The second kappa shape index (κ2) is 4.58. The molecule has 2 fully saturated rings. The van der Waals surface area contributed by atoms with Crippen molar-refractivity contribution in [3.05, 3.63) is 10.4 Å². The Hall–Kier alpha value is -0.610. The number of aromatic nitrogens is 3. The first kappa shape index (κ1) is 11.5. The zero-order valence-electron chi connectivity index (χ0n) is 9.44. The van der Waals surface area contributed by atoms with Crippen molar-refractivity contribution in [1.82, 2.24) is 15.2 Å². The van der Waals surface area contributed by atoms with Crippen molar-refractivity contribution in [3.63, 3.8) is 0 Å². The van der Waals surface area contributed by atoms with Crippen molar-refractivity contribution < 1.29 is 0 Å². The zero-order chi connectivity index (χ0) is 11.8. The van der Waals surface area contributed by atoms with E-state index in [2.05, 4.69) is 20.1 Å². The molecule has 2 aliphatic rings. The van der Waals surface area contributed by atoms with Gasteiger partial charge in [0.05, 0.1) is 0 Å². The Morgan fingerprint density at radius 2 is 1.59 bits per heavy atom. The van der Waals surface area contributed by atoms with Crippen molar-refractivity contribution in [1.29, 1.82) is 0 Å². The number of hydrogen-bond donors (Lipinski definition) is 0. The van der Waals surface area contributed by atoms with Gasteiger partial charge in [0.25, 0.3) is 0 Å². The maximum absolute atomic E-state index is 6.06. The van der Waals surface area contributed by atoms with Crippen molar-refractivity contribution in [2.45, 2.75) is 25.7 Å². The Morgan fingerprint density at radius 3 is 2.12 bits per heavy atom. The third-order valence-corrected chi connectivity index (χ3v) is 3.66. The number of rotatable bonds is 5. The Morgan fingerprint density at radius 1 is 1.00 bits per heavy atom.